The summed E-state index contributed by atoms with van der Waals surface area (Å²) in [5.41, 5.74) is -2.39. The molecule has 0 saturated carbocycles. The van der Waals surface area contributed by atoms with E-state index in [0.717, 1.165) is 18.1 Å². The van der Waals surface area contributed by atoms with Crippen molar-refractivity contribution in [3.63, 3.8) is 0 Å². The van der Waals surface area contributed by atoms with Crippen molar-refractivity contribution in [1.82, 2.24) is 9.13 Å². The van der Waals surface area contributed by atoms with Crippen LogP contribution >= 0.6 is 11.8 Å². The van der Waals surface area contributed by atoms with Gasteiger partial charge in [-0.1, -0.05) is 30.3 Å². The fourth-order valence-electron chi connectivity index (χ4n) is 4.70. The predicted octanol–water partition coefficient (Wildman–Crippen LogP) is 1.58. The first-order chi connectivity index (χ1) is 20.6. The molecule has 4 rings (SSSR count). The van der Waals surface area contributed by atoms with Gasteiger partial charge in [-0.05, 0) is 36.8 Å². The Morgan fingerprint density at radius 1 is 0.977 bits per heavy atom. The van der Waals surface area contributed by atoms with Gasteiger partial charge in [-0.2, -0.15) is 21.4 Å². The number of hydrogen-bond acceptors (Lipinski definition) is 12. The molecule has 1 fully saturated rings. The number of thioether (sulfide) groups is 1. The Kier molecular flexibility index (Phi) is 10.2. The van der Waals surface area contributed by atoms with Gasteiger partial charge in [0.25, 0.3) is 31.7 Å². The molecule has 0 bridgehead atoms. The Balaban J connectivity index is 1.83. The Labute approximate surface area is 259 Å². The molecule has 2 aromatic carbocycles. The summed E-state index contributed by atoms with van der Waals surface area (Å²) in [5, 5.41) is -0.872. The van der Waals surface area contributed by atoms with Crippen LogP contribution in [0.4, 0.5) is 0 Å². The van der Waals surface area contributed by atoms with Crippen LogP contribution in [0.1, 0.15) is 27.5 Å². The molecule has 2 heterocycles. The van der Waals surface area contributed by atoms with Crippen molar-refractivity contribution in [1.29, 1.82) is 0 Å². The van der Waals surface area contributed by atoms with Crippen LogP contribution in [-0.2, 0) is 39.1 Å². The number of carbonyl (C=O) groups is 1. The number of carbonyl (C=O) groups excluding carboxylic acids is 1. The molecule has 16 heteroatoms. The first kappa shape index (κ1) is 33.6. The van der Waals surface area contributed by atoms with E-state index in [0.29, 0.717) is 16.1 Å². The van der Waals surface area contributed by atoms with Crippen molar-refractivity contribution in [2.45, 2.75) is 29.6 Å². The third-order valence-corrected chi connectivity index (χ3v) is 9.59. The van der Waals surface area contributed by atoms with Crippen LogP contribution in [0.25, 0.3) is 0 Å². The third-order valence-electron chi connectivity index (χ3n) is 6.90. The SMILES string of the molecule is COc1ccc(CS[C@H]2[C@H](n3cc(C)c(=O)n(C(=O)c4ccccc4)c3=O)COC2(COS(C)(=O)=O)COS(C)(=O)=O)cc1. The van der Waals surface area contributed by atoms with Crippen molar-refractivity contribution in [2.75, 3.05) is 39.4 Å². The predicted molar refractivity (Wildman–Crippen MR) is 163 cm³/mol. The third kappa shape index (κ3) is 7.86. The Morgan fingerprint density at radius 3 is 2.11 bits per heavy atom. The van der Waals surface area contributed by atoms with Gasteiger partial charge in [-0.15, -0.1) is 11.8 Å². The molecule has 0 aliphatic carbocycles. The van der Waals surface area contributed by atoms with Gasteiger partial charge in [0.1, 0.15) is 11.4 Å². The maximum atomic E-state index is 13.9. The van der Waals surface area contributed by atoms with Crippen LogP contribution < -0.4 is 16.0 Å². The molecule has 0 unspecified atom stereocenters. The van der Waals surface area contributed by atoms with Crippen molar-refractivity contribution < 1.29 is 39.5 Å². The van der Waals surface area contributed by atoms with E-state index >= 15 is 0 Å². The average molecular weight is 669 g/mol. The average Bonchev–Trinajstić information content (AvgIpc) is 3.34. The summed E-state index contributed by atoms with van der Waals surface area (Å²) in [6.07, 6.45) is 2.98. The van der Waals surface area contributed by atoms with Crippen LogP contribution in [-0.4, -0.2) is 82.2 Å². The number of aryl methyl sites for hydroxylation is 1. The van der Waals surface area contributed by atoms with Crippen LogP contribution in [0, 0.1) is 6.92 Å². The molecular formula is C28H32N2O11S3. The summed E-state index contributed by atoms with van der Waals surface area (Å²) < 4.78 is 71.4. The van der Waals surface area contributed by atoms with Crippen LogP contribution in [0.3, 0.4) is 0 Å². The van der Waals surface area contributed by atoms with E-state index in [1.54, 1.807) is 30.3 Å². The van der Waals surface area contributed by atoms with Crippen LogP contribution in [0.2, 0.25) is 0 Å². The monoisotopic (exact) mass is 668 g/mol. The van der Waals surface area contributed by atoms with Crippen LogP contribution in [0.5, 0.6) is 5.75 Å². The van der Waals surface area contributed by atoms with E-state index in [1.807, 2.05) is 12.1 Å². The zero-order valence-electron chi connectivity index (χ0n) is 24.4. The molecule has 0 amide bonds. The smallest absolute Gasteiger partial charge is 0.338 e. The number of ether oxygens (including phenoxy) is 2. The molecule has 44 heavy (non-hydrogen) atoms. The highest BCUT2D eigenvalue weighted by atomic mass is 32.2. The molecule has 0 N–H and O–H groups in total. The quantitative estimate of drug-likeness (QED) is 0.256. The van der Waals surface area contributed by atoms with Crippen molar-refractivity contribution in [2.24, 2.45) is 0 Å². The first-order valence-electron chi connectivity index (χ1n) is 13.2. The van der Waals surface area contributed by atoms with Gasteiger partial charge in [0.2, 0.25) is 0 Å². The normalized spacial score (nSPS) is 18.3. The van der Waals surface area contributed by atoms with Gasteiger partial charge in [0.15, 0.2) is 0 Å². The maximum absolute atomic E-state index is 13.9. The number of nitrogens with zero attached hydrogens (tertiary/aromatic N) is 2. The molecule has 238 valence electrons. The molecule has 0 radical (unpaired) electrons. The Bertz CT molecular complexity index is 1800. The molecule has 1 aromatic heterocycles. The lowest BCUT2D eigenvalue weighted by molar-refractivity contribution is -0.0537. The number of methoxy groups -OCH3 is 1. The highest BCUT2D eigenvalue weighted by molar-refractivity contribution is 7.99. The van der Waals surface area contributed by atoms with Crippen molar-refractivity contribution >= 4 is 37.9 Å². The molecule has 1 aliphatic heterocycles. The molecule has 0 spiro atoms. The molecular weight excluding hydrogens is 637 g/mol. The minimum atomic E-state index is -4.02. The molecule has 1 aliphatic rings. The summed E-state index contributed by atoms with van der Waals surface area (Å²) >= 11 is 1.24. The second kappa shape index (κ2) is 13.4. The fraction of sp³-hybridized carbons (Fsp3) is 0.393. The largest absolute Gasteiger partial charge is 0.497 e. The van der Waals surface area contributed by atoms with Gasteiger partial charge >= 0.3 is 5.69 Å². The zero-order valence-corrected chi connectivity index (χ0v) is 26.8. The number of aromatic nitrogens is 2. The number of hydrogen-bond donors (Lipinski definition) is 0. The standard InChI is InChI=1S/C28H32N2O11S3/c1-19-14-29(27(33)30(25(19)31)26(32)21-8-6-5-7-9-21)23-15-39-28(17-40-43(3,34)35,18-41-44(4,36)37)24(23)42-16-20-10-12-22(38-2)13-11-20/h5-14,23-24H,15-18H2,1-4H3/t23-,24+/m1/s1. The zero-order chi connectivity index (χ0) is 32.3. The second-order valence-electron chi connectivity index (χ2n) is 10.3. The highest BCUT2D eigenvalue weighted by Gasteiger charge is 2.53. The van der Waals surface area contributed by atoms with Gasteiger partial charge < -0.3 is 9.47 Å². The van der Waals surface area contributed by atoms with E-state index in [2.05, 4.69) is 0 Å². The molecule has 1 saturated heterocycles. The second-order valence-corrected chi connectivity index (χ2v) is 14.7. The van der Waals surface area contributed by atoms with E-state index in [4.69, 9.17) is 17.8 Å². The maximum Gasteiger partial charge on any atom is 0.338 e. The lowest BCUT2D eigenvalue weighted by Crippen LogP contribution is -2.51. The van der Waals surface area contributed by atoms with E-state index in [1.165, 1.54) is 48.7 Å². The van der Waals surface area contributed by atoms with Gasteiger partial charge in [0, 0.05) is 23.1 Å². The minimum Gasteiger partial charge on any atom is -0.497 e. The summed E-state index contributed by atoms with van der Waals surface area (Å²) in [6.45, 7) is -0.0321. The van der Waals surface area contributed by atoms with Gasteiger partial charge in [-0.25, -0.2) is 4.79 Å². The lowest BCUT2D eigenvalue weighted by atomic mass is 9.99. The summed E-state index contributed by atoms with van der Waals surface area (Å²) in [7, 11) is -6.51. The van der Waals surface area contributed by atoms with Gasteiger partial charge in [-0.3, -0.25) is 22.5 Å². The number of rotatable bonds is 12. The number of benzene rings is 2. The van der Waals surface area contributed by atoms with Crippen molar-refractivity contribution in [3.8, 4) is 5.75 Å². The van der Waals surface area contributed by atoms with Crippen molar-refractivity contribution in [3.05, 3.63) is 98.3 Å². The molecule has 3 aromatic rings. The topological polar surface area (TPSA) is 166 Å². The lowest BCUT2D eigenvalue weighted by Gasteiger charge is -2.34. The van der Waals surface area contributed by atoms with E-state index in [9.17, 15) is 31.2 Å². The van der Waals surface area contributed by atoms with Gasteiger partial charge in [0.05, 0.1) is 50.7 Å². The molecule has 2 atom stereocenters. The van der Waals surface area contributed by atoms with E-state index in [-0.39, 0.29) is 17.7 Å². The highest BCUT2D eigenvalue weighted by Crippen LogP contribution is 2.44. The Hall–Kier alpha value is -3.28. The summed E-state index contributed by atoms with van der Waals surface area (Å²) in [5.74, 6) is 0.113. The summed E-state index contributed by atoms with van der Waals surface area (Å²) in [6, 6.07) is 14.1. The first-order valence-corrected chi connectivity index (χ1v) is 17.8. The summed E-state index contributed by atoms with van der Waals surface area (Å²) in [4.78, 5) is 40.3. The Morgan fingerprint density at radius 2 is 1.57 bits per heavy atom. The molecule has 13 nitrogen and oxygen atoms in total. The fourth-order valence-corrected chi connectivity index (χ4v) is 7.03. The van der Waals surface area contributed by atoms with E-state index < -0.39 is 67.5 Å². The van der Waals surface area contributed by atoms with Crippen LogP contribution in [0.15, 0.2) is 70.4 Å². The minimum absolute atomic E-state index is 0.0880.